The summed E-state index contributed by atoms with van der Waals surface area (Å²) in [6.07, 6.45) is 0.378. The Balaban J connectivity index is 1.45. The second-order valence-electron chi connectivity index (χ2n) is 9.72. The van der Waals surface area contributed by atoms with E-state index in [1.807, 2.05) is 25.1 Å². The minimum absolute atomic E-state index is 0.0121. The van der Waals surface area contributed by atoms with E-state index in [1.165, 1.54) is 26.4 Å². The van der Waals surface area contributed by atoms with Gasteiger partial charge in [0.2, 0.25) is 5.91 Å². The van der Waals surface area contributed by atoms with Crippen LogP contribution in [0, 0.1) is 5.92 Å². The molecule has 11 heteroatoms. The number of carbonyl (C=O) groups excluding carboxylic acids is 1. The SMILES string of the molecule is COc1cccc(OC)c1S(=O)(=O)Nc1noc2c1C[C@]1(c3ccc(N4CCCC4=O)cc3-2)[C@H](C)[C@H]1F. The molecular weight excluding hydrogens is 501 g/mol. The highest BCUT2D eigenvalue weighted by molar-refractivity contribution is 7.93. The lowest BCUT2D eigenvalue weighted by atomic mass is 9.77. The van der Waals surface area contributed by atoms with Gasteiger partial charge in [0, 0.05) is 41.1 Å². The van der Waals surface area contributed by atoms with E-state index in [1.54, 1.807) is 11.0 Å². The van der Waals surface area contributed by atoms with Gasteiger partial charge in [0.1, 0.15) is 17.7 Å². The molecule has 6 rings (SSSR count). The molecule has 1 aliphatic heterocycles. The smallest absolute Gasteiger partial charge is 0.270 e. The Kier molecular flexibility index (Phi) is 5.27. The summed E-state index contributed by atoms with van der Waals surface area (Å²) in [5.41, 5.74) is 1.77. The number of rotatable bonds is 6. The van der Waals surface area contributed by atoms with Crippen LogP contribution in [0.25, 0.3) is 11.3 Å². The number of ether oxygens (including phenoxy) is 2. The van der Waals surface area contributed by atoms with Crippen molar-refractivity contribution >= 4 is 27.4 Å². The lowest BCUT2D eigenvalue weighted by Gasteiger charge is -2.27. The van der Waals surface area contributed by atoms with E-state index >= 15 is 4.39 Å². The molecule has 2 fully saturated rings. The van der Waals surface area contributed by atoms with Gasteiger partial charge in [-0.1, -0.05) is 24.2 Å². The van der Waals surface area contributed by atoms with Crippen LogP contribution < -0.4 is 19.1 Å². The minimum Gasteiger partial charge on any atom is -0.495 e. The van der Waals surface area contributed by atoms with Crippen molar-refractivity contribution in [2.24, 2.45) is 5.92 Å². The maximum absolute atomic E-state index is 15.2. The van der Waals surface area contributed by atoms with Crippen molar-refractivity contribution in [2.75, 3.05) is 30.4 Å². The van der Waals surface area contributed by atoms with Crippen molar-refractivity contribution in [3.63, 3.8) is 0 Å². The summed E-state index contributed by atoms with van der Waals surface area (Å²) in [4.78, 5) is 13.9. The van der Waals surface area contributed by atoms with Crippen LogP contribution in [0.2, 0.25) is 0 Å². The third-order valence-corrected chi connectivity index (χ3v) is 9.31. The Morgan fingerprint density at radius 1 is 1.19 bits per heavy atom. The van der Waals surface area contributed by atoms with E-state index in [0.717, 1.165) is 12.0 Å². The first-order valence-corrected chi connectivity index (χ1v) is 13.5. The molecule has 3 aliphatic rings. The maximum Gasteiger partial charge on any atom is 0.270 e. The average molecular weight is 528 g/mol. The Bertz CT molecular complexity index is 1500. The van der Waals surface area contributed by atoms with Crippen LogP contribution in [0.15, 0.2) is 45.8 Å². The zero-order valence-electron chi connectivity index (χ0n) is 20.6. The minimum atomic E-state index is -4.22. The molecule has 9 nitrogen and oxygen atoms in total. The molecular formula is C26H26FN3O6S. The zero-order chi connectivity index (χ0) is 26.1. The summed E-state index contributed by atoms with van der Waals surface area (Å²) in [6, 6.07) is 10.2. The predicted molar refractivity (Wildman–Crippen MR) is 133 cm³/mol. The Hall–Kier alpha value is -3.60. The average Bonchev–Trinajstić information content (AvgIpc) is 3.26. The second kappa shape index (κ2) is 8.20. The Morgan fingerprint density at radius 2 is 1.89 bits per heavy atom. The van der Waals surface area contributed by atoms with Crippen LogP contribution in [0.5, 0.6) is 11.5 Å². The summed E-state index contributed by atoms with van der Waals surface area (Å²) < 4.78 is 60.9. The van der Waals surface area contributed by atoms with Crippen molar-refractivity contribution < 1.29 is 31.6 Å². The molecule has 3 aromatic rings. The number of amides is 1. The van der Waals surface area contributed by atoms with Crippen molar-refractivity contribution in [1.82, 2.24) is 5.16 Å². The number of halogens is 1. The number of nitrogens with one attached hydrogen (secondary N) is 1. The number of benzene rings is 2. The molecule has 1 saturated carbocycles. The van der Waals surface area contributed by atoms with Crippen molar-refractivity contribution in [2.45, 2.75) is 42.7 Å². The first kappa shape index (κ1) is 23.8. The largest absolute Gasteiger partial charge is 0.495 e. The van der Waals surface area contributed by atoms with Gasteiger partial charge in [-0.25, -0.2) is 12.8 Å². The monoisotopic (exact) mass is 527 g/mol. The van der Waals surface area contributed by atoms with Gasteiger partial charge in [-0.2, -0.15) is 0 Å². The van der Waals surface area contributed by atoms with Crippen LogP contribution in [-0.4, -0.2) is 46.4 Å². The van der Waals surface area contributed by atoms with E-state index in [0.29, 0.717) is 35.5 Å². The number of aromatic nitrogens is 1. The van der Waals surface area contributed by atoms with Gasteiger partial charge in [-0.3, -0.25) is 9.52 Å². The van der Waals surface area contributed by atoms with Crippen molar-refractivity contribution in [3.8, 4) is 22.8 Å². The summed E-state index contributed by atoms with van der Waals surface area (Å²) in [5, 5.41) is 4.05. The number of hydrogen-bond donors (Lipinski definition) is 1. The molecule has 0 radical (unpaired) electrons. The highest BCUT2D eigenvalue weighted by Crippen LogP contribution is 2.64. The molecule has 2 heterocycles. The summed E-state index contributed by atoms with van der Waals surface area (Å²) in [6.45, 7) is 2.45. The fraction of sp³-hybridized carbons (Fsp3) is 0.385. The summed E-state index contributed by atoms with van der Waals surface area (Å²) >= 11 is 0. The van der Waals surface area contributed by atoms with Crippen LogP contribution in [-0.2, 0) is 26.7 Å². The zero-order valence-corrected chi connectivity index (χ0v) is 21.4. The molecule has 1 spiro atoms. The van der Waals surface area contributed by atoms with Gasteiger partial charge < -0.3 is 18.9 Å². The maximum atomic E-state index is 15.2. The summed E-state index contributed by atoms with van der Waals surface area (Å²) in [7, 11) is -1.49. The van der Waals surface area contributed by atoms with Crippen LogP contribution in [0.1, 0.15) is 30.9 Å². The topological polar surface area (TPSA) is 111 Å². The predicted octanol–water partition coefficient (Wildman–Crippen LogP) is 4.07. The number of hydrogen-bond acceptors (Lipinski definition) is 7. The quantitative estimate of drug-likeness (QED) is 0.515. The number of alkyl halides is 1. The number of carbonyl (C=O) groups is 1. The van der Waals surface area contributed by atoms with Crippen LogP contribution >= 0.6 is 0 Å². The Morgan fingerprint density at radius 3 is 2.49 bits per heavy atom. The lowest BCUT2D eigenvalue weighted by molar-refractivity contribution is -0.117. The molecule has 1 aromatic heterocycles. The highest BCUT2D eigenvalue weighted by atomic mass is 32.2. The molecule has 194 valence electrons. The van der Waals surface area contributed by atoms with E-state index in [2.05, 4.69) is 9.88 Å². The fourth-order valence-electron chi connectivity index (χ4n) is 5.85. The normalized spacial score (nSPS) is 24.1. The third-order valence-electron chi connectivity index (χ3n) is 7.91. The lowest BCUT2D eigenvalue weighted by Crippen LogP contribution is -2.26. The van der Waals surface area contributed by atoms with Crippen molar-refractivity contribution in [1.29, 1.82) is 0 Å². The number of anilines is 2. The van der Waals surface area contributed by atoms with Crippen LogP contribution in [0.4, 0.5) is 15.9 Å². The standard InChI is InChI=1S/C26H26FN3O6S/c1-14-24(27)26(14)13-17-22(16-12-15(9-10-18(16)26)30-11-5-8-21(30)31)36-28-25(17)29-37(32,33)23-19(34-2)6-4-7-20(23)35-3/h4,6-7,9-10,12,14,24H,5,8,11,13H2,1-3H3,(H,28,29)/t14-,24-,26-/m1/s1. The van der Waals surface area contributed by atoms with Gasteiger partial charge in [0.05, 0.1) is 14.2 Å². The molecule has 1 N–H and O–H groups in total. The first-order valence-electron chi connectivity index (χ1n) is 12.0. The molecule has 0 bridgehead atoms. The third kappa shape index (κ3) is 3.36. The van der Waals surface area contributed by atoms with Gasteiger partial charge in [0.15, 0.2) is 16.5 Å². The van der Waals surface area contributed by atoms with E-state index in [-0.39, 0.29) is 40.5 Å². The van der Waals surface area contributed by atoms with Gasteiger partial charge in [-0.05, 0) is 42.7 Å². The molecule has 37 heavy (non-hydrogen) atoms. The molecule has 0 unspecified atom stereocenters. The van der Waals surface area contributed by atoms with E-state index in [4.69, 9.17) is 14.0 Å². The highest BCUT2D eigenvalue weighted by Gasteiger charge is 2.66. The number of sulfonamides is 1. The van der Waals surface area contributed by atoms with E-state index in [9.17, 15) is 13.2 Å². The van der Waals surface area contributed by atoms with Crippen LogP contribution in [0.3, 0.4) is 0 Å². The molecule has 3 atom stereocenters. The summed E-state index contributed by atoms with van der Waals surface area (Å²) in [5.74, 6) is 0.321. The van der Waals surface area contributed by atoms with Gasteiger partial charge in [-0.15, -0.1) is 0 Å². The first-order chi connectivity index (χ1) is 17.7. The second-order valence-corrected chi connectivity index (χ2v) is 11.3. The van der Waals surface area contributed by atoms with Crippen molar-refractivity contribution in [3.05, 3.63) is 47.5 Å². The molecule has 2 aliphatic carbocycles. The molecule has 2 aromatic carbocycles. The van der Waals surface area contributed by atoms with Gasteiger partial charge in [0.25, 0.3) is 10.0 Å². The van der Waals surface area contributed by atoms with Gasteiger partial charge >= 0.3 is 0 Å². The molecule has 1 amide bonds. The molecule has 1 saturated heterocycles. The number of nitrogens with zero attached hydrogens (tertiary/aromatic N) is 2. The Labute approximate surface area is 213 Å². The number of methoxy groups -OCH3 is 2. The number of fused-ring (bicyclic) bond motifs is 4. The van der Waals surface area contributed by atoms with E-state index < -0.39 is 21.6 Å². The fourth-order valence-corrected chi connectivity index (χ4v) is 7.20.